The highest BCUT2D eigenvalue weighted by atomic mass is 19.1. The predicted octanol–water partition coefficient (Wildman–Crippen LogP) is 11.5. The Kier molecular flexibility index (Phi) is 22.4. The van der Waals surface area contributed by atoms with Gasteiger partial charge in [-0.05, 0) is 140 Å². The summed E-state index contributed by atoms with van der Waals surface area (Å²) < 4.78 is 45.6. The lowest BCUT2D eigenvalue weighted by atomic mass is 9.89. The van der Waals surface area contributed by atoms with Crippen molar-refractivity contribution in [2.75, 3.05) is 50.3 Å². The molecule has 3 N–H and O–H groups in total. The van der Waals surface area contributed by atoms with Gasteiger partial charge in [0.05, 0.1) is 75.2 Å². The van der Waals surface area contributed by atoms with Crippen molar-refractivity contribution in [2.45, 2.75) is 162 Å². The molecular weight excluding hydrogens is 1380 g/mol. The van der Waals surface area contributed by atoms with Crippen LogP contribution in [0.25, 0.3) is 28.1 Å². The van der Waals surface area contributed by atoms with Gasteiger partial charge < -0.3 is 54.1 Å². The van der Waals surface area contributed by atoms with E-state index in [1.165, 1.54) is 38.5 Å². The van der Waals surface area contributed by atoms with Gasteiger partial charge in [0.25, 0.3) is 11.8 Å². The van der Waals surface area contributed by atoms with E-state index in [1.807, 2.05) is 79.3 Å². The molecule has 564 valence electrons. The summed E-state index contributed by atoms with van der Waals surface area (Å²) in [5.41, 5.74) is 9.10. The third kappa shape index (κ3) is 16.1. The van der Waals surface area contributed by atoms with Crippen LogP contribution in [-0.2, 0) is 59.5 Å². The minimum absolute atomic E-state index is 0.0295. The highest BCUT2D eigenvalue weighted by molar-refractivity contribution is 6.07. The van der Waals surface area contributed by atoms with Crippen molar-refractivity contribution in [3.63, 3.8) is 0 Å². The van der Waals surface area contributed by atoms with E-state index in [-0.39, 0.29) is 153 Å². The number of amides is 6. The van der Waals surface area contributed by atoms with Crippen molar-refractivity contribution in [1.29, 1.82) is 0 Å². The first-order chi connectivity index (χ1) is 52.0. The van der Waals surface area contributed by atoms with Crippen LogP contribution in [0.2, 0.25) is 0 Å². The fourth-order valence-corrected chi connectivity index (χ4v) is 15.2. The first-order valence-electron chi connectivity index (χ1n) is 37.1. The molecule has 25 heteroatoms. The summed E-state index contributed by atoms with van der Waals surface area (Å²) in [7, 11) is 2.95. The van der Waals surface area contributed by atoms with Crippen LogP contribution in [0.4, 0.5) is 20.6 Å². The maximum Gasteiger partial charge on any atom is 0.416 e. The molecule has 13 rings (SSSR count). The van der Waals surface area contributed by atoms with Crippen LogP contribution in [-0.4, -0.2) is 148 Å². The molecule has 1 saturated heterocycles. The summed E-state index contributed by atoms with van der Waals surface area (Å²) in [6.07, 6.45) is 3.24. The number of ketones is 3. The largest absolute Gasteiger partial charge is 0.493 e. The fourth-order valence-electron chi connectivity index (χ4n) is 15.2. The van der Waals surface area contributed by atoms with E-state index < -0.39 is 47.9 Å². The molecule has 6 aliphatic rings. The summed E-state index contributed by atoms with van der Waals surface area (Å²) in [5.74, 6) is -3.05. The molecule has 2 fully saturated rings. The summed E-state index contributed by atoms with van der Waals surface area (Å²) in [6, 6.07) is 33.2. The van der Waals surface area contributed by atoms with Gasteiger partial charge in [-0.1, -0.05) is 97.9 Å². The normalized spacial score (nSPS) is 17.8. The summed E-state index contributed by atoms with van der Waals surface area (Å²) in [4.78, 5) is 130. The number of para-hydroxylation sites is 1. The van der Waals surface area contributed by atoms with E-state index >= 15 is 0 Å². The van der Waals surface area contributed by atoms with Gasteiger partial charge in [0.2, 0.25) is 17.7 Å². The Labute approximate surface area is 625 Å². The number of hydrogen-bond donors (Lipinski definition) is 3. The van der Waals surface area contributed by atoms with E-state index in [1.54, 1.807) is 77.9 Å². The van der Waals surface area contributed by atoms with Crippen LogP contribution in [0.1, 0.15) is 160 Å². The molecule has 5 atom stereocenters. The molecule has 1 aromatic heterocycles. The van der Waals surface area contributed by atoms with Gasteiger partial charge in [-0.2, -0.15) is 0 Å². The maximum absolute atomic E-state index is 14.5. The molecule has 6 aromatic carbocycles. The minimum atomic E-state index is -1.49. The lowest BCUT2D eigenvalue weighted by molar-refractivity contribution is -0.133. The van der Waals surface area contributed by atoms with Gasteiger partial charge in [0.1, 0.15) is 23.9 Å². The number of nitrogens with zero attached hydrogens (tertiary/aromatic N) is 7. The number of ether oxygens (including phenoxy) is 5. The molecule has 108 heavy (non-hydrogen) atoms. The lowest BCUT2D eigenvalue weighted by Gasteiger charge is -2.31. The van der Waals surface area contributed by atoms with Crippen LogP contribution in [0.15, 0.2) is 128 Å². The number of aliphatic hydroxyl groups is 1. The number of benzene rings is 6. The molecule has 1 spiro atoms. The number of halogens is 1. The minimum Gasteiger partial charge on any atom is -0.493 e. The zero-order valence-corrected chi connectivity index (χ0v) is 61.8. The Morgan fingerprint density at radius 1 is 0.713 bits per heavy atom. The molecule has 6 amide bonds. The number of carbonyl (C=O) groups excluding carboxylic acids is 9. The number of methoxy groups -OCH3 is 2. The zero-order valence-electron chi connectivity index (χ0n) is 61.8. The number of aliphatic hydroxyl groups excluding tert-OH is 1. The first-order valence-corrected chi connectivity index (χ1v) is 37.1. The van der Waals surface area contributed by atoms with Crippen molar-refractivity contribution < 1.29 is 76.3 Å². The van der Waals surface area contributed by atoms with E-state index in [2.05, 4.69) is 20.9 Å². The fraction of sp³-hybridized carbons (Fsp3) is 0.410. The average molecular weight is 1470 g/mol. The van der Waals surface area contributed by atoms with Gasteiger partial charge in [-0.15, -0.1) is 5.10 Å². The lowest BCUT2D eigenvalue weighted by Crippen LogP contribution is -2.50. The maximum atomic E-state index is 14.5. The van der Waals surface area contributed by atoms with Crippen molar-refractivity contribution in [3.05, 3.63) is 172 Å². The average Bonchev–Trinajstić information content (AvgIpc) is 1.56. The molecule has 6 heterocycles. The Hall–Kier alpha value is -11.1. The van der Waals surface area contributed by atoms with E-state index in [9.17, 15) is 52.6 Å². The van der Waals surface area contributed by atoms with Crippen molar-refractivity contribution in [1.82, 2.24) is 35.4 Å². The molecule has 0 bridgehead atoms. The third-order valence-electron chi connectivity index (χ3n) is 21.6. The molecule has 1 aliphatic carbocycles. The first kappa shape index (κ1) is 75.2. The Morgan fingerprint density at radius 2 is 1.39 bits per heavy atom. The molecule has 1 saturated carbocycles. The second kappa shape index (κ2) is 32.2. The molecule has 5 aliphatic heterocycles. The van der Waals surface area contributed by atoms with Crippen molar-refractivity contribution in [2.24, 2.45) is 17.3 Å². The van der Waals surface area contributed by atoms with Crippen LogP contribution >= 0.6 is 0 Å². The number of anilines is 2. The Balaban J connectivity index is 0.569. The number of rotatable bonds is 28. The molecule has 1 unspecified atom stereocenters. The number of fused-ring (bicyclic) bond motifs is 9. The second-order valence-electron chi connectivity index (χ2n) is 29.6. The number of carbonyl (C=O) groups is 9. The SMILES string of the molecule is COc1cc2c(cc1OCCCOc1cc3c(cc1OC)C(=O)N1CC4(CC4)C[C@H]1C(O)N3C(=O)OCc1ccc(CC(=O)[C@H](C)NC(=O)[C@@H](CC(=O)CNC(=O)CCC(=O)CCC(=O)N3Cc4ccccc4-c4c(nnn4C(C)C)-c4ccccc43)C(C)C)cc1)CC[C@@H]1CC(c3ccc(F)cc3)=CN1C2=O. The monoisotopic (exact) mass is 1470 g/mol. The van der Waals surface area contributed by atoms with Gasteiger partial charge in [0, 0.05) is 98.4 Å². The second-order valence-corrected chi connectivity index (χ2v) is 29.6. The molecule has 24 nitrogen and oxygen atoms in total. The van der Waals surface area contributed by atoms with Gasteiger partial charge in [-0.3, -0.25) is 38.4 Å². The topological polar surface area (TPSA) is 288 Å². The Morgan fingerprint density at radius 3 is 2.09 bits per heavy atom. The van der Waals surface area contributed by atoms with Crippen LogP contribution in [0.5, 0.6) is 23.0 Å². The van der Waals surface area contributed by atoms with Gasteiger partial charge in [0.15, 0.2) is 40.8 Å². The number of hydrogen-bond acceptors (Lipinski definition) is 17. The molecule has 0 radical (unpaired) electrons. The number of Topliss-reactive ketones (excluding diaryl/α,β-unsaturated/α-hetero) is 3. The van der Waals surface area contributed by atoms with Gasteiger partial charge in [-0.25, -0.2) is 18.8 Å². The number of nitrogens with one attached hydrogen (secondary N) is 2. The summed E-state index contributed by atoms with van der Waals surface area (Å²) in [6.45, 7) is 9.53. The standard InChI is InChI=1S/C83H90FN9O15/c1-48(2)63(38-60(95)43-85-74(97)29-27-59(94)28-30-75(98)90-44-55-13-8-9-14-61(55)77-76(87-88-93(77)49(3)4)62-15-10-11-16-66(62)90)78(99)86-50(5)69(96)35-51-17-19-52(20-18-51)46-108-82(103)92-67-41-73(71(105-7)40-65(67)80(101)91-47-83(31-32-83)42-68(91)81(92)102)107-34-12-33-106-72-37-54-23-26-58-36-56(53-21-24-57(84)25-22-53)45-89(58)79(100)64(54)39-70(72)104-6/h8-11,13-22,24-25,37,39-41,45,48-50,58,63,68,81,102H,12,23,26-36,38,42-44,46-47H2,1-7H3,(H,85,97)(H,86,99)/t50-,58+,63-,68-,81?/m0/s1. The third-order valence-corrected chi connectivity index (χ3v) is 21.6. The van der Waals surface area contributed by atoms with E-state index in [0.717, 1.165) is 56.8 Å². The smallest absolute Gasteiger partial charge is 0.416 e. The van der Waals surface area contributed by atoms with Crippen molar-refractivity contribution >= 4 is 69.9 Å². The quantitative estimate of drug-likeness (QED) is 0.0384. The van der Waals surface area contributed by atoms with E-state index in [0.29, 0.717) is 78.2 Å². The summed E-state index contributed by atoms with van der Waals surface area (Å²) >= 11 is 0. The Bertz CT molecular complexity index is 4680. The number of aryl methyl sites for hydroxylation is 1. The molecule has 7 aromatic rings. The highest BCUT2D eigenvalue weighted by Gasteiger charge is 2.58. The van der Waals surface area contributed by atoms with Crippen LogP contribution in [0.3, 0.4) is 0 Å². The van der Waals surface area contributed by atoms with Crippen LogP contribution < -0.4 is 39.4 Å². The van der Waals surface area contributed by atoms with Crippen LogP contribution in [0, 0.1) is 23.1 Å². The molecular formula is C83H90FN9O15. The van der Waals surface area contributed by atoms with Gasteiger partial charge >= 0.3 is 6.09 Å². The number of aromatic nitrogens is 3. The highest BCUT2D eigenvalue weighted by Crippen LogP contribution is 2.57. The van der Waals surface area contributed by atoms with Crippen molar-refractivity contribution in [3.8, 4) is 45.5 Å². The summed E-state index contributed by atoms with van der Waals surface area (Å²) in [5, 5.41) is 26.6. The predicted molar refractivity (Wildman–Crippen MR) is 398 cm³/mol. The van der Waals surface area contributed by atoms with E-state index in [4.69, 9.17) is 23.7 Å². The zero-order chi connectivity index (χ0) is 76.2.